The Labute approximate surface area is 155 Å². The number of halogens is 1. The summed E-state index contributed by atoms with van der Waals surface area (Å²) in [5.41, 5.74) is 3.64. The van der Waals surface area contributed by atoms with Gasteiger partial charge in [-0.25, -0.2) is 4.68 Å². The highest BCUT2D eigenvalue weighted by molar-refractivity contribution is 7.71. The maximum atomic E-state index is 6.17. The molecule has 0 atom stereocenters. The number of fused-ring (bicyclic) bond motifs is 1. The molecule has 4 aromatic rings. The van der Waals surface area contributed by atoms with Crippen molar-refractivity contribution in [3.63, 3.8) is 0 Å². The van der Waals surface area contributed by atoms with Crippen LogP contribution in [0.2, 0.25) is 5.02 Å². The van der Waals surface area contributed by atoms with Crippen LogP contribution in [0.3, 0.4) is 0 Å². The number of aromatic nitrogens is 3. The predicted molar refractivity (Wildman–Crippen MR) is 104 cm³/mol. The number of hydrogen-bond donors (Lipinski definition) is 0. The van der Waals surface area contributed by atoms with Gasteiger partial charge >= 0.3 is 0 Å². The van der Waals surface area contributed by atoms with Crippen molar-refractivity contribution in [2.45, 2.75) is 6.54 Å². The summed E-state index contributed by atoms with van der Waals surface area (Å²) < 4.78 is 2.53. The van der Waals surface area contributed by atoms with E-state index < -0.39 is 0 Å². The first-order chi connectivity index (χ1) is 12.2. The summed E-state index contributed by atoms with van der Waals surface area (Å²) in [5.74, 6) is 0. The van der Waals surface area contributed by atoms with Gasteiger partial charge in [0, 0.05) is 22.2 Å². The van der Waals surface area contributed by atoms with Crippen molar-refractivity contribution >= 4 is 34.7 Å². The van der Waals surface area contributed by atoms with E-state index in [4.69, 9.17) is 28.9 Å². The van der Waals surface area contributed by atoms with E-state index >= 15 is 0 Å². The van der Waals surface area contributed by atoms with E-state index in [0.29, 0.717) is 16.2 Å². The molecule has 25 heavy (non-hydrogen) atoms. The van der Waals surface area contributed by atoms with Gasteiger partial charge in [-0.1, -0.05) is 66.3 Å². The van der Waals surface area contributed by atoms with Gasteiger partial charge in [0.15, 0.2) is 0 Å². The first-order valence-corrected chi connectivity index (χ1v) is 8.67. The van der Waals surface area contributed by atoms with Gasteiger partial charge in [-0.05, 0) is 29.8 Å². The van der Waals surface area contributed by atoms with Crippen LogP contribution in [0.4, 0.5) is 0 Å². The molecule has 5 heteroatoms. The summed E-state index contributed by atoms with van der Waals surface area (Å²) in [6, 6.07) is 21.7. The molecule has 0 amide bonds. The zero-order valence-corrected chi connectivity index (χ0v) is 14.8. The highest BCUT2D eigenvalue weighted by Crippen LogP contribution is 2.27. The van der Waals surface area contributed by atoms with Crippen LogP contribution in [0.25, 0.3) is 22.2 Å². The number of rotatable bonds is 3. The van der Waals surface area contributed by atoms with Crippen molar-refractivity contribution in [2.24, 2.45) is 0 Å². The van der Waals surface area contributed by atoms with Gasteiger partial charge in [0.25, 0.3) is 0 Å². The average Bonchev–Trinajstić information content (AvgIpc) is 2.65. The lowest BCUT2D eigenvalue weighted by atomic mass is 10.1. The fourth-order valence-electron chi connectivity index (χ4n) is 2.81. The smallest absolute Gasteiger partial charge is 0.132 e. The molecule has 0 spiro atoms. The minimum atomic E-state index is 0.609. The molecule has 0 saturated carbocycles. The zero-order chi connectivity index (χ0) is 17.2. The molecule has 0 unspecified atom stereocenters. The Hall–Kier alpha value is -2.56. The van der Waals surface area contributed by atoms with Crippen molar-refractivity contribution in [1.29, 1.82) is 0 Å². The van der Waals surface area contributed by atoms with E-state index in [0.717, 1.165) is 27.7 Å². The third-order valence-corrected chi connectivity index (χ3v) is 4.66. The van der Waals surface area contributed by atoms with Crippen LogP contribution in [0.15, 0.2) is 72.9 Å². The number of hydrogen-bond acceptors (Lipinski definition) is 3. The topological polar surface area (TPSA) is 30.7 Å². The van der Waals surface area contributed by atoms with Crippen molar-refractivity contribution in [2.75, 3.05) is 0 Å². The van der Waals surface area contributed by atoms with Gasteiger partial charge in [-0.2, -0.15) is 5.10 Å². The molecule has 2 heterocycles. The third-order valence-electron chi connectivity index (χ3n) is 3.99. The molecule has 0 bridgehead atoms. The summed E-state index contributed by atoms with van der Waals surface area (Å²) in [7, 11) is 0. The molecule has 122 valence electrons. The SMILES string of the molecule is S=c1c2cccnc2c(-c2cccc(Cl)c2)nn1Cc1ccccc1. The van der Waals surface area contributed by atoms with Gasteiger partial charge in [0.1, 0.15) is 15.9 Å². The standard InChI is InChI=1S/C20H14ClN3S/c21-16-9-4-8-15(12-16)18-19-17(10-5-11-22-19)20(25)24(23-18)13-14-6-2-1-3-7-14/h1-12H,13H2. The van der Waals surface area contributed by atoms with Crippen LogP contribution < -0.4 is 0 Å². The molecular weight excluding hydrogens is 350 g/mol. The second kappa shape index (κ2) is 6.75. The quantitative estimate of drug-likeness (QED) is 0.448. The van der Waals surface area contributed by atoms with Gasteiger partial charge in [0.05, 0.1) is 6.54 Å². The lowest BCUT2D eigenvalue weighted by molar-refractivity contribution is 0.665. The molecule has 0 saturated heterocycles. The number of pyridine rings is 1. The maximum Gasteiger partial charge on any atom is 0.132 e. The molecule has 0 radical (unpaired) electrons. The van der Waals surface area contributed by atoms with E-state index in [1.807, 2.05) is 59.3 Å². The van der Waals surface area contributed by atoms with Crippen LogP contribution >= 0.6 is 23.8 Å². The molecule has 0 aliphatic rings. The van der Waals surface area contributed by atoms with Gasteiger partial charge in [-0.3, -0.25) is 4.98 Å². The lowest BCUT2D eigenvalue weighted by Crippen LogP contribution is -2.09. The molecule has 0 N–H and O–H groups in total. The Kier molecular flexibility index (Phi) is 4.30. The maximum absolute atomic E-state index is 6.17. The molecular formula is C20H14ClN3S. The highest BCUT2D eigenvalue weighted by atomic mass is 35.5. The molecule has 0 fully saturated rings. The number of benzene rings is 2. The fraction of sp³-hybridized carbons (Fsp3) is 0.0500. The lowest BCUT2D eigenvalue weighted by Gasteiger charge is -2.12. The largest absolute Gasteiger partial charge is 0.254 e. The first-order valence-electron chi connectivity index (χ1n) is 7.88. The average molecular weight is 364 g/mol. The Morgan fingerprint density at radius 1 is 0.960 bits per heavy atom. The van der Waals surface area contributed by atoms with E-state index in [2.05, 4.69) is 17.1 Å². The van der Waals surface area contributed by atoms with Crippen LogP contribution in [0.5, 0.6) is 0 Å². The summed E-state index contributed by atoms with van der Waals surface area (Å²) in [6.07, 6.45) is 1.76. The predicted octanol–water partition coefficient (Wildman–Crippen LogP) is 5.53. The van der Waals surface area contributed by atoms with Crippen LogP contribution in [-0.4, -0.2) is 14.8 Å². The van der Waals surface area contributed by atoms with Crippen molar-refractivity contribution in [1.82, 2.24) is 14.8 Å². The Morgan fingerprint density at radius 2 is 1.80 bits per heavy atom. The van der Waals surface area contributed by atoms with Crippen LogP contribution in [0, 0.1) is 4.64 Å². The first kappa shape index (κ1) is 15.9. The fourth-order valence-corrected chi connectivity index (χ4v) is 3.27. The van der Waals surface area contributed by atoms with Crippen LogP contribution in [-0.2, 0) is 6.54 Å². The Balaban J connectivity index is 1.96. The second-order valence-corrected chi connectivity index (χ2v) is 6.53. The Morgan fingerprint density at radius 3 is 2.60 bits per heavy atom. The van der Waals surface area contributed by atoms with Crippen molar-refractivity contribution in [3.8, 4) is 11.3 Å². The Bertz CT molecular complexity index is 1110. The van der Waals surface area contributed by atoms with Gasteiger partial charge < -0.3 is 0 Å². The highest BCUT2D eigenvalue weighted by Gasteiger charge is 2.12. The van der Waals surface area contributed by atoms with E-state index in [9.17, 15) is 0 Å². The molecule has 2 aromatic heterocycles. The summed E-state index contributed by atoms with van der Waals surface area (Å²) in [4.78, 5) is 4.51. The molecule has 0 aliphatic carbocycles. The minimum Gasteiger partial charge on any atom is -0.254 e. The van der Waals surface area contributed by atoms with Crippen LogP contribution in [0.1, 0.15) is 5.56 Å². The minimum absolute atomic E-state index is 0.609. The van der Waals surface area contributed by atoms with Crippen molar-refractivity contribution < 1.29 is 0 Å². The zero-order valence-electron chi connectivity index (χ0n) is 13.3. The van der Waals surface area contributed by atoms with Gasteiger partial charge in [0.2, 0.25) is 0 Å². The van der Waals surface area contributed by atoms with Crippen molar-refractivity contribution in [3.05, 3.63) is 88.2 Å². The number of nitrogens with zero attached hydrogens (tertiary/aromatic N) is 3. The molecule has 3 nitrogen and oxygen atoms in total. The molecule has 2 aromatic carbocycles. The molecule has 0 aliphatic heterocycles. The normalized spacial score (nSPS) is 10.9. The second-order valence-electron chi connectivity index (χ2n) is 5.71. The van der Waals surface area contributed by atoms with E-state index in [-0.39, 0.29) is 0 Å². The van der Waals surface area contributed by atoms with Gasteiger partial charge in [-0.15, -0.1) is 0 Å². The third kappa shape index (κ3) is 3.18. The summed E-state index contributed by atoms with van der Waals surface area (Å²) in [6.45, 7) is 0.609. The monoisotopic (exact) mass is 363 g/mol. The molecule has 4 rings (SSSR count). The summed E-state index contributed by atoms with van der Waals surface area (Å²) >= 11 is 11.8. The van der Waals surface area contributed by atoms with E-state index in [1.54, 1.807) is 6.20 Å². The van der Waals surface area contributed by atoms with E-state index in [1.165, 1.54) is 0 Å². The summed E-state index contributed by atoms with van der Waals surface area (Å²) in [5, 5.41) is 6.38.